The lowest BCUT2D eigenvalue weighted by atomic mass is 9.97. The number of amides is 1. The van der Waals surface area contributed by atoms with E-state index in [1.54, 1.807) is 41.9 Å². The van der Waals surface area contributed by atoms with Crippen molar-refractivity contribution in [1.29, 1.82) is 0 Å². The fraction of sp³-hybridized carbons (Fsp3) is 0.450. The van der Waals surface area contributed by atoms with Crippen LogP contribution in [0.1, 0.15) is 18.6 Å². The van der Waals surface area contributed by atoms with Crippen molar-refractivity contribution in [3.63, 3.8) is 0 Å². The van der Waals surface area contributed by atoms with E-state index in [1.165, 1.54) is 4.31 Å². The zero-order chi connectivity index (χ0) is 20.7. The van der Waals surface area contributed by atoms with Gasteiger partial charge in [0.1, 0.15) is 5.76 Å². The Hall–Kier alpha value is -1.42. The molecule has 1 aromatic heterocycles. The molecule has 0 radical (unpaired) electrons. The number of thioether (sulfide) groups is 2. The van der Waals surface area contributed by atoms with Crippen molar-refractivity contribution < 1.29 is 17.6 Å². The summed E-state index contributed by atoms with van der Waals surface area (Å²) in [5.74, 6) is 2.42. The van der Waals surface area contributed by atoms with Gasteiger partial charge in [-0.3, -0.25) is 4.79 Å². The fourth-order valence-corrected chi connectivity index (χ4v) is 5.85. The smallest absolute Gasteiger partial charge is 0.243 e. The first-order valence-electron chi connectivity index (χ1n) is 9.53. The van der Waals surface area contributed by atoms with Crippen molar-refractivity contribution >= 4 is 39.5 Å². The van der Waals surface area contributed by atoms with Gasteiger partial charge in [-0.1, -0.05) is 0 Å². The molecule has 0 bridgehead atoms. The molecule has 1 N–H and O–H groups in total. The van der Waals surface area contributed by atoms with Crippen molar-refractivity contribution in [1.82, 2.24) is 9.62 Å². The molecular weight excluding hydrogens is 428 g/mol. The summed E-state index contributed by atoms with van der Waals surface area (Å²) >= 11 is 3.28. The lowest BCUT2D eigenvalue weighted by Gasteiger charge is -2.30. The summed E-state index contributed by atoms with van der Waals surface area (Å²) in [6.07, 6.45) is 4.71. The van der Waals surface area contributed by atoms with Gasteiger partial charge in [0.2, 0.25) is 15.9 Å². The van der Waals surface area contributed by atoms with E-state index in [-0.39, 0.29) is 11.8 Å². The normalized spacial score (nSPS) is 16.0. The Labute approximate surface area is 180 Å². The van der Waals surface area contributed by atoms with Gasteiger partial charge in [0.15, 0.2) is 0 Å². The van der Waals surface area contributed by atoms with Crippen LogP contribution in [0, 0.1) is 5.92 Å². The number of furan rings is 1. The summed E-state index contributed by atoms with van der Waals surface area (Å²) in [6, 6.07) is 10.7. The number of piperidine rings is 1. The largest absolute Gasteiger partial charge is 0.468 e. The number of nitrogens with zero attached hydrogens (tertiary/aromatic N) is 1. The van der Waals surface area contributed by atoms with E-state index in [4.69, 9.17) is 4.42 Å². The third-order valence-electron chi connectivity index (χ3n) is 4.89. The molecule has 0 saturated carbocycles. The Morgan fingerprint density at radius 2 is 1.93 bits per heavy atom. The van der Waals surface area contributed by atoms with Gasteiger partial charge in [-0.15, -0.1) is 11.8 Å². The summed E-state index contributed by atoms with van der Waals surface area (Å²) in [4.78, 5) is 13.7. The second kappa shape index (κ2) is 10.6. The molecule has 9 heteroatoms. The average molecular weight is 455 g/mol. The van der Waals surface area contributed by atoms with Gasteiger partial charge in [-0.2, -0.15) is 16.1 Å². The van der Waals surface area contributed by atoms with Gasteiger partial charge < -0.3 is 9.73 Å². The van der Waals surface area contributed by atoms with Crippen LogP contribution in [0.2, 0.25) is 0 Å². The molecule has 1 saturated heterocycles. The van der Waals surface area contributed by atoms with Crippen LogP contribution in [0.3, 0.4) is 0 Å². The minimum absolute atomic E-state index is 0.0185. The Morgan fingerprint density at radius 3 is 2.55 bits per heavy atom. The first-order chi connectivity index (χ1) is 14.0. The van der Waals surface area contributed by atoms with Gasteiger partial charge in [0.25, 0.3) is 0 Å². The van der Waals surface area contributed by atoms with E-state index in [2.05, 4.69) is 5.32 Å². The number of rotatable bonds is 9. The summed E-state index contributed by atoms with van der Waals surface area (Å²) in [5, 5.41) is 2.97. The summed E-state index contributed by atoms with van der Waals surface area (Å²) in [6.45, 7) is 1.35. The van der Waals surface area contributed by atoms with Gasteiger partial charge >= 0.3 is 0 Å². The highest BCUT2D eigenvalue weighted by atomic mass is 32.2. The Bertz CT molecular complexity index is 875. The van der Waals surface area contributed by atoms with E-state index in [0.29, 0.717) is 37.4 Å². The van der Waals surface area contributed by atoms with E-state index in [1.807, 2.05) is 30.5 Å². The van der Waals surface area contributed by atoms with Crippen molar-refractivity contribution in [3.8, 4) is 0 Å². The molecule has 0 aliphatic carbocycles. The highest BCUT2D eigenvalue weighted by Gasteiger charge is 2.31. The lowest BCUT2D eigenvalue weighted by Crippen LogP contribution is -2.43. The topological polar surface area (TPSA) is 79.6 Å². The second-order valence-electron chi connectivity index (χ2n) is 6.78. The van der Waals surface area contributed by atoms with Gasteiger partial charge in [-0.25, -0.2) is 8.42 Å². The van der Waals surface area contributed by atoms with Crippen LogP contribution in [0.4, 0.5) is 0 Å². The van der Waals surface area contributed by atoms with Gasteiger partial charge in [0, 0.05) is 36.2 Å². The molecule has 6 nitrogen and oxygen atoms in total. The number of carbonyl (C=O) groups excluding carboxylic acids is 1. The quantitative estimate of drug-likeness (QED) is 0.462. The molecule has 0 unspecified atom stereocenters. The minimum atomic E-state index is -3.50. The standard InChI is InChI=1S/C20H26N2O4S3/c1-27-18-4-6-19(7-5-18)29(24,25)22-11-8-16(9-12-22)20(23)21-10-14-28-15-17-3-2-13-26-17/h2-7,13,16H,8-12,14-15H2,1H3,(H,21,23). The molecule has 3 rings (SSSR count). The SMILES string of the molecule is CSc1ccc(S(=O)(=O)N2CCC(C(=O)NCCSCc3ccco3)CC2)cc1. The predicted octanol–water partition coefficient (Wildman–Crippen LogP) is 3.45. The molecule has 2 aromatic rings. The second-order valence-corrected chi connectivity index (χ2v) is 10.7. The number of hydrogen-bond donors (Lipinski definition) is 1. The zero-order valence-corrected chi connectivity index (χ0v) is 18.8. The van der Waals surface area contributed by atoms with Crippen LogP contribution in [0.25, 0.3) is 0 Å². The molecule has 1 aliphatic rings. The zero-order valence-electron chi connectivity index (χ0n) is 16.4. The summed E-state index contributed by atoms with van der Waals surface area (Å²) < 4.78 is 32.4. The Morgan fingerprint density at radius 1 is 1.21 bits per heavy atom. The van der Waals surface area contributed by atoms with Crippen molar-refractivity contribution in [2.75, 3.05) is 31.6 Å². The minimum Gasteiger partial charge on any atom is -0.468 e. The van der Waals surface area contributed by atoms with Crippen LogP contribution in [-0.2, 0) is 20.6 Å². The molecule has 1 amide bonds. The van der Waals surface area contributed by atoms with Crippen LogP contribution < -0.4 is 5.32 Å². The van der Waals surface area contributed by atoms with Crippen molar-refractivity contribution in [3.05, 3.63) is 48.4 Å². The number of carbonyl (C=O) groups is 1. The Balaban J connectivity index is 1.41. The molecule has 1 fully saturated rings. The lowest BCUT2D eigenvalue weighted by molar-refractivity contribution is -0.125. The van der Waals surface area contributed by atoms with Crippen LogP contribution >= 0.6 is 23.5 Å². The monoisotopic (exact) mass is 454 g/mol. The van der Waals surface area contributed by atoms with Gasteiger partial charge in [0.05, 0.1) is 16.9 Å². The molecule has 0 atom stereocenters. The van der Waals surface area contributed by atoms with E-state index >= 15 is 0 Å². The number of nitrogens with one attached hydrogen (secondary N) is 1. The molecular formula is C20H26N2O4S3. The molecule has 1 aromatic carbocycles. The summed E-state index contributed by atoms with van der Waals surface area (Å²) in [5.41, 5.74) is 0. The fourth-order valence-electron chi connectivity index (χ4n) is 3.21. The van der Waals surface area contributed by atoms with Crippen molar-refractivity contribution in [2.24, 2.45) is 5.92 Å². The number of sulfonamides is 1. The van der Waals surface area contributed by atoms with E-state index < -0.39 is 10.0 Å². The highest BCUT2D eigenvalue weighted by Crippen LogP contribution is 2.25. The molecule has 158 valence electrons. The van der Waals surface area contributed by atoms with Crippen LogP contribution in [0.15, 0.2) is 56.9 Å². The average Bonchev–Trinajstić information content (AvgIpc) is 3.27. The van der Waals surface area contributed by atoms with E-state index in [0.717, 1.165) is 22.2 Å². The van der Waals surface area contributed by atoms with Gasteiger partial charge in [-0.05, 0) is 55.5 Å². The maximum absolute atomic E-state index is 12.8. The summed E-state index contributed by atoms with van der Waals surface area (Å²) in [7, 11) is -3.50. The maximum Gasteiger partial charge on any atom is 0.243 e. The highest BCUT2D eigenvalue weighted by molar-refractivity contribution is 7.98. The third kappa shape index (κ3) is 6.04. The number of hydrogen-bond acceptors (Lipinski definition) is 6. The Kier molecular flexibility index (Phi) is 8.11. The van der Waals surface area contributed by atoms with E-state index in [9.17, 15) is 13.2 Å². The molecule has 0 spiro atoms. The van der Waals surface area contributed by atoms with Crippen molar-refractivity contribution in [2.45, 2.75) is 28.4 Å². The van der Waals surface area contributed by atoms with Crippen LogP contribution in [-0.4, -0.2) is 50.3 Å². The number of benzene rings is 1. The molecule has 29 heavy (non-hydrogen) atoms. The predicted molar refractivity (Wildman–Crippen MR) is 118 cm³/mol. The maximum atomic E-state index is 12.8. The third-order valence-corrected chi connectivity index (χ3v) is 8.53. The first-order valence-corrected chi connectivity index (χ1v) is 13.3. The molecule has 1 aliphatic heterocycles. The van der Waals surface area contributed by atoms with Crippen LogP contribution in [0.5, 0.6) is 0 Å². The first kappa shape index (κ1) is 22.3. The molecule has 2 heterocycles.